The molecule has 4 aromatic carbocycles. The fourth-order valence-corrected chi connectivity index (χ4v) is 6.15. The van der Waals surface area contributed by atoms with E-state index in [4.69, 9.17) is 0 Å². The van der Waals surface area contributed by atoms with Gasteiger partial charge in [0.1, 0.15) is 0 Å². The summed E-state index contributed by atoms with van der Waals surface area (Å²) in [7, 11) is 0. The second kappa shape index (κ2) is 14.7. The second-order valence-electron chi connectivity index (χ2n) is 11.6. The van der Waals surface area contributed by atoms with Crippen molar-refractivity contribution in [2.24, 2.45) is 0 Å². The zero-order chi connectivity index (χ0) is 30.8. The van der Waals surface area contributed by atoms with Crippen molar-refractivity contribution in [1.82, 2.24) is 14.8 Å². The molecular formula is C39H40N4O2. The summed E-state index contributed by atoms with van der Waals surface area (Å²) in [6.07, 6.45) is 6.09. The Labute approximate surface area is 265 Å². The largest absolute Gasteiger partial charge is 0.333 e. The van der Waals surface area contributed by atoms with Crippen LogP contribution in [0, 0.1) is 0 Å². The van der Waals surface area contributed by atoms with E-state index in [0.29, 0.717) is 18.5 Å². The Balaban J connectivity index is 1.17. The molecule has 1 aromatic heterocycles. The molecule has 6 nitrogen and oxygen atoms in total. The topological polar surface area (TPSA) is 66.4 Å². The van der Waals surface area contributed by atoms with E-state index in [1.165, 1.54) is 11.1 Å². The van der Waals surface area contributed by atoms with Crippen LogP contribution in [0.4, 0.5) is 5.69 Å². The Kier molecular flexibility index (Phi) is 9.83. The van der Waals surface area contributed by atoms with Crippen LogP contribution in [0.2, 0.25) is 0 Å². The first-order valence-corrected chi connectivity index (χ1v) is 15.9. The lowest BCUT2D eigenvalue weighted by Gasteiger charge is -2.36. The average molecular weight is 597 g/mol. The highest BCUT2D eigenvalue weighted by Gasteiger charge is 2.30. The molecule has 2 N–H and O–H groups in total. The molecule has 5 aromatic rings. The lowest BCUT2D eigenvalue weighted by Crippen LogP contribution is -2.54. The molecule has 0 bridgehead atoms. The van der Waals surface area contributed by atoms with Gasteiger partial charge in [-0.2, -0.15) is 0 Å². The number of hydrogen-bond donors (Lipinski definition) is 2. The molecule has 2 heterocycles. The number of benzene rings is 4. The van der Waals surface area contributed by atoms with Gasteiger partial charge in [0.15, 0.2) is 0 Å². The van der Waals surface area contributed by atoms with E-state index in [9.17, 15) is 9.59 Å². The molecule has 45 heavy (non-hydrogen) atoms. The van der Waals surface area contributed by atoms with Crippen LogP contribution in [0.3, 0.4) is 0 Å². The molecule has 1 saturated heterocycles. The summed E-state index contributed by atoms with van der Waals surface area (Å²) in [4.78, 5) is 28.9. The lowest BCUT2D eigenvalue weighted by atomic mass is 10.0. The van der Waals surface area contributed by atoms with Crippen LogP contribution < -0.4 is 10.6 Å². The van der Waals surface area contributed by atoms with Crippen LogP contribution in [0.1, 0.15) is 40.7 Å². The number of carbonyl (C=O) groups excluding carboxylic acids is 2. The molecule has 2 amide bonds. The molecule has 1 aliphatic rings. The van der Waals surface area contributed by atoms with Crippen molar-refractivity contribution in [1.29, 1.82) is 0 Å². The van der Waals surface area contributed by atoms with Crippen LogP contribution in [0.15, 0.2) is 128 Å². The predicted octanol–water partition coefficient (Wildman–Crippen LogP) is 7.15. The minimum absolute atomic E-state index is 0.0238. The first kappa shape index (κ1) is 30.1. The summed E-state index contributed by atoms with van der Waals surface area (Å²) < 4.78 is 2.08. The van der Waals surface area contributed by atoms with Gasteiger partial charge < -0.3 is 20.1 Å². The fraction of sp³-hybridized carbons (Fsp3) is 0.231. The van der Waals surface area contributed by atoms with Gasteiger partial charge in [-0.15, -0.1) is 0 Å². The number of aromatic nitrogens is 1. The van der Waals surface area contributed by atoms with E-state index in [0.717, 1.165) is 61.4 Å². The normalized spacial score (nSPS) is 14.7. The second-order valence-corrected chi connectivity index (χ2v) is 11.6. The van der Waals surface area contributed by atoms with E-state index in [1.54, 1.807) is 0 Å². The Morgan fingerprint density at radius 3 is 2.13 bits per heavy atom. The summed E-state index contributed by atoms with van der Waals surface area (Å²) >= 11 is 0. The minimum Gasteiger partial charge on any atom is -0.333 e. The maximum Gasteiger partial charge on any atom is 0.256 e. The lowest BCUT2D eigenvalue weighted by molar-refractivity contribution is -0.116. The number of nitrogens with one attached hydrogen (secondary N) is 2. The number of hydrogen-bond acceptors (Lipinski definition) is 3. The average Bonchev–Trinajstić information content (AvgIpc) is 3.54. The molecule has 228 valence electrons. The SMILES string of the molecule is O=C(CCCCc1ccccc1)Nc1ccc(-n2ccc(C(=O)N3CCNCC3Cc3ccccc3)c2-c2ccccc2)cc1. The molecule has 6 rings (SSSR count). The summed E-state index contributed by atoms with van der Waals surface area (Å²) in [5, 5.41) is 6.52. The molecule has 0 aliphatic carbocycles. The third-order valence-corrected chi connectivity index (χ3v) is 8.48. The van der Waals surface area contributed by atoms with Gasteiger partial charge in [-0.25, -0.2) is 0 Å². The van der Waals surface area contributed by atoms with Crippen LogP contribution in [-0.2, 0) is 17.6 Å². The van der Waals surface area contributed by atoms with Crippen LogP contribution >= 0.6 is 0 Å². The highest BCUT2D eigenvalue weighted by molar-refractivity contribution is 6.01. The van der Waals surface area contributed by atoms with Gasteiger partial charge in [0.05, 0.1) is 11.3 Å². The number of aryl methyl sites for hydroxylation is 1. The Morgan fingerprint density at radius 1 is 0.756 bits per heavy atom. The van der Waals surface area contributed by atoms with Crippen molar-refractivity contribution in [3.05, 3.63) is 144 Å². The monoisotopic (exact) mass is 596 g/mol. The number of carbonyl (C=O) groups is 2. The quantitative estimate of drug-likeness (QED) is 0.159. The third-order valence-electron chi connectivity index (χ3n) is 8.48. The van der Waals surface area contributed by atoms with Crippen molar-refractivity contribution in [3.63, 3.8) is 0 Å². The Bertz CT molecular complexity index is 1680. The van der Waals surface area contributed by atoms with Gasteiger partial charge in [0.25, 0.3) is 5.91 Å². The van der Waals surface area contributed by atoms with E-state index in [-0.39, 0.29) is 17.9 Å². The Morgan fingerprint density at radius 2 is 1.42 bits per heavy atom. The number of unbranched alkanes of at least 4 members (excludes halogenated alkanes) is 1. The zero-order valence-electron chi connectivity index (χ0n) is 25.6. The third kappa shape index (κ3) is 7.59. The van der Waals surface area contributed by atoms with E-state index < -0.39 is 0 Å². The van der Waals surface area contributed by atoms with Gasteiger partial charge in [-0.05, 0) is 72.7 Å². The van der Waals surface area contributed by atoms with Gasteiger partial charge in [0, 0.05) is 49.7 Å². The Hall–Kier alpha value is -4.94. The van der Waals surface area contributed by atoms with Crippen LogP contribution in [-0.4, -0.2) is 47.0 Å². The molecule has 0 spiro atoms. The van der Waals surface area contributed by atoms with E-state index in [1.807, 2.05) is 83.9 Å². The first-order valence-electron chi connectivity index (χ1n) is 15.9. The van der Waals surface area contributed by atoms with Crippen molar-refractivity contribution in [3.8, 4) is 16.9 Å². The van der Waals surface area contributed by atoms with Gasteiger partial charge in [-0.1, -0.05) is 91.0 Å². The van der Waals surface area contributed by atoms with Gasteiger partial charge in [0.2, 0.25) is 5.91 Å². The van der Waals surface area contributed by atoms with Crippen molar-refractivity contribution in [2.75, 3.05) is 25.0 Å². The zero-order valence-corrected chi connectivity index (χ0v) is 25.6. The molecule has 0 saturated carbocycles. The number of anilines is 1. The summed E-state index contributed by atoms with van der Waals surface area (Å²) in [5.74, 6) is 0.0712. The number of piperazine rings is 1. The van der Waals surface area contributed by atoms with E-state index in [2.05, 4.69) is 63.7 Å². The van der Waals surface area contributed by atoms with E-state index >= 15 is 0 Å². The molecule has 6 heteroatoms. The molecule has 1 unspecified atom stereocenters. The first-order chi connectivity index (χ1) is 22.2. The molecule has 0 radical (unpaired) electrons. The highest BCUT2D eigenvalue weighted by Crippen LogP contribution is 2.31. The van der Waals surface area contributed by atoms with Gasteiger partial charge >= 0.3 is 0 Å². The molecule has 1 aliphatic heterocycles. The summed E-state index contributed by atoms with van der Waals surface area (Å²) in [5.41, 5.74) is 6.76. The predicted molar refractivity (Wildman–Crippen MR) is 182 cm³/mol. The molecular weight excluding hydrogens is 556 g/mol. The number of nitrogens with zero attached hydrogens (tertiary/aromatic N) is 2. The van der Waals surface area contributed by atoms with Crippen molar-refractivity contribution < 1.29 is 9.59 Å². The fourth-order valence-electron chi connectivity index (χ4n) is 6.15. The maximum absolute atomic E-state index is 14.2. The standard InChI is InChI=1S/C39H40N4O2/c44-37(19-11-10-14-30-12-4-1-5-13-30)41-33-20-22-34(23-21-33)42-26-24-36(38(42)32-17-8-3-9-18-32)39(45)43-27-25-40-29-35(43)28-31-15-6-2-7-16-31/h1-9,12-13,15-18,20-24,26,35,40H,10-11,14,19,25,27-29H2,(H,41,44). The van der Waals surface area contributed by atoms with Crippen molar-refractivity contribution in [2.45, 2.75) is 38.1 Å². The summed E-state index contributed by atoms with van der Waals surface area (Å²) in [6, 6.07) is 40.7. The maximum atomic E-state index is 14.2. The number of amides is 2. The van der Waals surface area contributed by atoms with Crippen molar-refractivity contribution >= 4 is 17.5 Å². The smallest absolute Gasteiger partial charge is 0.256 e. The van der Waals surface area contributed by atoms with Gasteiger partial charge in [-0.3, -0.25) is 9.59 Å². The van der Waals surface area contributed by atoms with Crippen LogP contribution in [0.5, 0.6) is 0 Å². The molecule has 1 atom stereocenters. The molecule has 1 fully saturated rings. The number of rotatable bonds is 11. The minimum atomic E-state index is 0.0238. The highest BCUT2D eigenvalue weighted by atomic mass is 16.2. The van der Waals surface area contributed by atoms with Crippen LogP contribution in [0.25, 0.3) is 16.9 Å². The summed E-state index contributed by atoms with van der Waals surface area (Å²) in [6.45, 7) is 2.21.